The molecule has 102 valence electrons. The maximum atomic E-state index is 4.77. The van der Waals surface area contributed by atoms with E-state index in [-0.39, 0.29) is 10.8 Å². The van der Waals surface area contributed by atoms with Gasteiger partial charge in [0.05, 0.1) is 0 Å². The standard InChI is InChI=1S/C18H25N/c1-17(2,3)18-12-8-7-11-15(18)13-9-5-6-10-14(13)16(18)19-4/h5-6,9-10,15H,7-8,11-12H2,1-4H3. The van der Waals surface area contributed by atoms with Crippen molar-refractivity contribution < 1.29 is 0 Å². The molecule has 3 rings (SSSR count). The smallest absolute Gasteiger partial charge is 0.0493 e. The van der Waals surface area contributed by atoms with Gasteiger partial charge in [-0.3, -0.25) is 4.99 Å². The van der Waals surface area contributed by atoms with Crippen LogP contribution in [0.2, 0.25) is 0 Å². The number of hydrogen-bond donors (Lipinski definition) is 0. The van der Waals surface area contributed by atoms with Crippen molar-refractivity contribution in [2.24, 2.45) is 15.8 Å². The van der Waals surface area contributed by atoms with Crippen LogP contribution < -0.4 is 0 Å². The van der Waals surface area contributed by atoms with Crippen LogP contribution in [0.3, 0.4) is 0 Å². The van der Waals surface area contributed by atoms with Gasteiger partial charge in [0.2, 0.25) is 0 Å². The van der Waals surface area contributed by atoms with E-state index in [0.717, 1.165) is 0 Å². The zero-order valence-electron chi connectivity index (χ0n) is 12.7. The molecule has 2 aliphatic rings. The van der Waals surface area contributed by atoms with Crippen LogP contribution in [-0.4, -0.2) is 12.8 Å². The van der Waals surface area contributed by atoms with Crippen LogP contribution in [0.15, 0.2) is 29.3 Å². The minimum absolute atomic E-state index is 0.254. The van der Waals surface area contributed by atoms with Gasteiger partial charge in [-0.15, -0.1) is 0 Å². The molecule has 2 unspecified atom stereocenters. The molecule has 2 atom stereocenters. The predicted molar refractivity (Wildman–Crippen MR) is 82.0 cm³/mol. The number of hydrogen-bond acceptors (Lipinski definition) is 1. The van der Waals surface area contributed by atoms with E-state index in [1.54, 1.807) is 5.56 Å². The van der Waals surface area contributed by atoms with Crippen LogP contribution >= 0.6 is 0 Å². The maximum absolute atomic E-state index is 4.77. The Kier molecular flexibility index (Phi) is 2.85. The van der Waals surface area contributed by atoms with Crippen molar-refractivity contribution in [2.75, 3.05) is 7.05 Å². The summed E-state index contributed by atoms with van der Waals surface area (Å²) in [5.41, 5.74) is 4.88. The Morgan fingerprint density at radius 1 is 1.16 bits per heavy atom. The minimum atomic E-state index is 0.254. The predicted octanol–water partition coefficient (Wildman–Crippen LogP) is 4.81. The summed E-state index contributed by atoms with van der Waals surface area (Å²) < 4.78 is 0. The van der Waals surface area contributed by atoms with E-state index in [1.807, 2.05) is 7.05 Å². The minimum Gasteiger partial charge on any atom is -0.292 e. The second-order valence-electron chi connectivity index (χ2n) is 7.18. The van der Waals surface area contributed by atoms with Crippen LogP contribution in [-0.2, 0) is 0 Å². The van der Waals surface area contributed by atoms with E-state index in [1.165, 1.54) is 37.0 Å². The first-order chi connectivity index (χ1) is 9.02. The largest absolute Gasteiger partial charge is 0.292 e. The van der Waals surface area contributed by atoms with E-state index in [9.17, 15) is 0 Å². The lowest BCUT2D eigenvalue weighted by molar-refractivity contribution is 0.0949. The van der Waals surface area contributed by atoms with Crippen LogP contribution in [0.1, 0.15) is 63.5 Å². The molecule has 19 heavy (non-hydrogen) atoms. The van der Waals surface area contributed by atoms with Gasteiger partial charge in [0.1, 0.15) is 0 Å². The molecule has 1 heteroatoms. The fourth-order valence-corrected chi connectivity index (χ4v) is 4.71. The molecule has 0 amide bonds. The fraction of sp³-hybridized carbons (Fsp3) is 0.611. The molecule has 1 saturated carbocycles. The summed E-state index contributed by atoms with van der Waals surface area (Å²) in [4.78, 5) is 4.77. The van der Waals surface area contributed by atoms with E-state index in [4.69, 9.17) is 4.99 Å². The molecule has 1 fully saturated rings. The van der Waals surface area contributed by atoms with Crippen molar-refractivity contribution in [1.82, 2.24) is 0 Å². The molecule has 0 aliphatic heterocycles. The van der Waals surface area contributed by atoms with Gasteiger partial charge in [-0.25, -0.2) is 0 Å². The lowest BCUT2D eigenvalue weighted by Crippen LogP contribution is -2.45. The molecular weight excluding hydrogens is 230 g/mol. The quantitative estimate of drug-likeness (QED) is 0.631. The number of nitrogens with zero attached hydrogens (tertiary/aromatic N) is 1. The van der Waals surface area contributed by atoms with Gasteiger partial charge in [0.25, 0.3) is 0 Å². The summed E-state index contributed by atoms with van der Waals surface area (Å²) in [5.74, 6) is 0.677. The van der Waals surface area contributed by atoms with Crippen molar-refractivity contribution in [3.63, 3.8) is 0 Å². The summed E-state index contributed by atoms with van der Waals surface area (Å²) in [6, 6.07) is 8.98. The molecular formula is C18H25N. The zero-order valence-corrected chi connectivity index (χ0v) is 12.7. The number of rotatable bonds is 0. The topological polar surface area (TPSA) is 12.4 Å². The van der Waals surface area contributed by atoms with Crippen LogP contribution in [0.4, 0.5) is 0 Å². The lowest BCUT2D eigenvalue weighted by atomic mass is 9.54. The highest BCUT2D eigenvalue weighted by Gasteiger charge is 2.57. The molecule has 0 heterocycles. The van der Waals surface area contributed by atoms with Crippen LogP contribution in [0, 0.1) is 10.8 Å². The number of fused-ring (bicyclic) bond motifs is 3. The normalized spacial score (nSPS) is 32.2. The Bertz CT molecular complexity index is 521. The fourth-order valence-electron chi connectivity index (χ4n) is 4.71. The molecule has 1 nitrogen and oxygen atoms in total. The summed E-state index contributed by atoms with van der Waals surface area (Å²) in [5, 5.41) is 0. The van der Waals surface area contributed by atoms with Crippen molar-refractivity contribution in [3.8, 4) is 0 Å². The van der Waals surface area contributed by atoms with E-state index < -0.39 is 0 Å². The van der Waals surface area contributed by atoms with Crippen molar-refractivity contribution in [2.45, 2.75) is 52.4 Å². The highest BCUT2D eigenvalue weighted by molar-refractivity contribution is 6.10. The average Bonchev–Trinajstić information content (AvgIpc) is 2.69. The molecule has 2 aliphatic carbocycles. The Morgan fingerprint density at radius 3 is 2.58 bits per heavy atom. The molecule has 0 radical (unpaired) electrons. The van der Waals surface area contributed by atoms with E-state index in [0.29, 0.717) is 5.92 Å². The highest BCUT2D eigenvalue weighted by Crippen LogP contribution is 2.63. The van der Waals surface area contributed by atoms with Gasteiger partial charge in [-0.1, -0.05) is 57.9 Å². The number of aliphatic imine (C=N–C) groups is 1. The summed E-state index contributed by atoms with van der Waals surface area (Å²) in [6.45, 7) is 7.22. The molecule has 0 spiro atoms. The van der Waals surface area contributed by atoms with Crippen molar-refractivity contribution in [3.05, 3.63) is 35.4 Å². The first-order valence-corrected chi connectivity index (χ1v) is 7.59. The molecule has 1 aromatic carbocycles. The Labute approximate surface area is 117 Å². The first kappa shape index (κ1) is 12.9. The summed E-state index contributed by atoms with van der Waals surface area (Å²) >= 11 is 0. The molecule has 1 aromatic rings. The van der Waals surface area contributed by atoms with E-state index >= 15 is 0 Å². The van der Waals surface area contributed by atoms with Gasteiger partial charge in [-0.2, -0.15) is 0 Å². The van der Waals surface area contributed by atoms with Crippen molar-refractivity contribution >= 4 is 5.71 Å². The summed E-state index contributed by atoms with van der Waals surface area (Å²) in [7, 11) is 1.98. The third-order valence-electron chi connectivity index (χ3n) is 5.48. The Balaban J connectivity index is 2.27. The lowest BCUT2D eigenvalue weighted by Gasteiger charge is -2.49. The average molecular weight is 255 g/mol. The van der Waals surface area contributed by atoms with Gasteiger partial charge in [-0.05, 0) is 35.3 Å². The van der Waals surface area contributed by atoms with Gasteiger partial charge in [0.15, 0.2) is 0 Å². The van der Waals surface area contributed by atoms with Crippen molar-refractivity contribution in [1.29, 1.82) is 0 Å². The van der Waals surface area contributed by atoms with Gasteiger partial charge in [0, 0.05) is 18.2 Å². The Hall–Kier alpha value is -1.11. The molecule has 0 N–H and O–H groups in total. The first-order valence-electron chi connectivity index (χ1n) is 7.59. The second kappa shape index (κ2) is 4.19. The Morgan fingerprint density at radius 2 is 1.89 bits per heavy atom. The maximum Gasteiger partial charge on any atom is 0.0493 e. The van der Waals surface area contributed by atoms with Crippen LogP contribution in [0.25, 0.3) is 0 Å². The third kappa shape index (κ3) is 1.57. The SMILES string of the molecule is CN=C1c2ccccc2C2CCCCC12C(C)(C)C. The van der Waals surface area contributed by atoms with Gasteiger partial charge < -0.3 is 0 Å². The monoisotopic (exact) mass is 255 g/mol. The zero-order chi connectivity index (χ0) is 13.7. The third-order valence-corrected chi connectivity index (χ3v) is 5.48. The molecule has 0 aromatic heterocycles. The molecule has 0 saturated heterocycles. The number of benzene rings is 1. The van der Waals surface area contributed by atoms with Crippen LogP contribution in [0.5, 0.6) is 0 Å². The second-order valence-corrected chi connectivity index (χ2v) is 7.18. The highest BCUT2D eigenvalue weighted by atomic mass is 14.8. The molecule has 0 bridgehead atoms. The van der Waals surface area contributed by atoms with E-state index in [2.05, 4.69) is 45.0 Å². The summed E-state index contributed by atoms with van der Waals surface area (Å²) in [6.07, 6.45) is 5.34. The van der Waals surface area contributed by atoms with Gasteiger partial charge >= 0.3 is 0 Å².